The molecule has 2 aromatic heterocycles. The van der Waals surface area contributed by atoms with E-state index >= 15 is 0 Å². The van der Waals surface area contributed by atoms with Crippen molar-refractivity contribution < 1.29 is 48.2 Å². The number of nitrogens with one attached hydrogen (secondary N) is 2. The van der Waals surface area contributed by atoms with Gasteiger partial charge in [-0.1, -0.05) is 0 Å². The number of hydrogen-bond donors (Lipinski definition) is 9. The zero-order chi connectivity index (χ0) is 32.8. The van der Waals surface area contributed by atoms with Gasteiger partial charge in [0.05, 0.1) is 18.4 Å². The van der Waals surface area contributed by atoms with E-state index in [1.807, 2.05) is 4.90 Å². The van der Waals surface area contributed by atoms with E-state index in [1.54, 1.807) is 19.2 Å². The van der Waals surface area contributed by atoms with Crippen LogP contribution in [0.4, 0.5) is 17.5 Å². The fourth-order valence-electron chi connectivity index (χ4n) is 4.00. The van der Waals surface area contributed by atoms with Gasteiger partial charge in [-0.2, -0.15) is 9.97 Å². The number of carbonyl (C=O) groups excluding carboxylic acids is 2. The summed E-state index contributed by atoms with van der Waals surface area (Å²) in [7, 11) is -8.51. The first-order chi connectivity index (χ1) is 20.5. The molecule has 0 fully saturated rings. The molecule has 1 aromatic carbocycles. The van der Waals surface area contributed by atoms with Crippen molar-refractivity contribution in [3.05, 3.63) is 41.7 Å². The van der Waals surface area contributed by atoms with Gasteiger partial charge in [0.15, 0.2) is 22.4 Å². The van der Waals surface area contributed by atoms with Gasteiger partial charge < -0.3 is 51.7 Å². The van der Waals surface area contributed by atoms with Crippen LogP contribution in [0.15, 0.2) is 30.5 Å². The van der Waals surface area contributed by atoms with Crippen molar-refractivity contribution in [3.63, 3.8) is 0 Å². The van der Waals surface area contributed by atoms with Crippen LogP contribution in [0.2, 0.25) is 0 Å². The van der Waals surface area contributed by atoms with Crippen LogP contribution >= 0.6 is 15.2 Å². The molecule has 45 heavy (non-hydrogen) atoms. The summed E-state index contributed by atoms with van der Waals surface area (Å²) in [6.45, 7) is -0.170. The number of hydrogen-bond acceptors (Lipinski definition) is 12. The molecule has 2 amide bonds. The van der Waals surface area contributed by atoms with Crippen LogP contribution in [-0.2, 0) is 25.3 Å². The Balaban J connectivity index is 0.00000705. The molecule has 0 spiro atoms. The van der Waals surface area contributed by atoms with Crippen LogP contribution in [0.5, 0.6) is 0 Å². The van der Waals surface area contributed by atoms with E-state index < -0.39 is 63.8 Å². The molecular formula is C23H31N9NaO10P2. The topological polar surface area (TPSA) is 317 Å². The Labute approximate surface area is 277 Å². The maximum absolute atomic E-state index is 12.7. The van der Waals surface area contributed by atoms with E-state index in [9.17, 15) is 28.6 Å². The van der Waals surface area contributed by atoms with Gasteiger partial charge in [-0.15, -0.1) is 0 Å². The van der Waals surface area contributed by atoms with Crippen LogP contribution in [0.1, 0.15) is 35.3 Å². The minimum atomic E-state index is -5.14. The molecule has 2 heterocycles. The molecule has 1 atom stereocenters. The maximum Gasteiger partial charge on any atom is 0.340 e. The molecule has 1 radical (unpaired) electrons. The van der Waals surface area contributed by atoms with Gasteiger partial charge in [0, 0.05) is 60.8 Å². The number of carbonyl (C=O) groups is 3. The molecule has 3 rings (SSSR count). The Morgan fingerprint density at radius 2 is 1.60 bits per heavy atom. The van der Waals surface area contributed by atoms with E-state index in [-0.39, 0.29) is 59.0 Å². The first-order valence-electron chi connectivity index (χ1n) is 12.7. The molecule has 0 aliphatic rings. The summed E-state index contributed by atoms with van der Waals surface area (Å²) in [5, 5.41) is 11.8. The minimum absolute atomic E-state index is 0. The van der Waals surface area contributed by atoms with Gasteiger partial charge in [0.2, 0.25) is 11.9 Å². The molecule has 1 unspecified atom stereocenters. The van der Waals surface area contributed by atoms with Crippen LogP contribution in [0.3, 0.4) is 0 Å². The molecule has 0 aliphatic heterocycles. The SMILES string of the molecule is CN(Cc1cnc2nc(N)nc(N)c2n1)c1ccc(C(=O)NC(CCC(=O)NCCC(P(=O)(O)O)P(=O)(O)O)C(=O)O)cc1.[Na]. The molecule has 19 nitrogen and oxygen atoms in total. The van der Waals surface area contributed by atoms with Crippen molar-refractivity contribution in [1.82, 2.24) is 30.6 Å². The van der Waals surface area contributed by atoms with E-state index in [0.717, 1.165) is 0 Å². The largest absolute Gasteiger partial charge is 0.480 e. The number of anilines is 3. The van der Waals surface area contributed by atoms with E-state index in [2.05, 4.69) is 30.6 Å². The van der Waals surface area contributed by atoms with Crippen LogP contribution in [-0.4, -0.2) is 117 Å². The van der Waals surface area contributed by atoms with Crippen LogP contribution < -0.4 is 27.0 Å². The van der Waals surface area contributed by atoms with Crippen molar-refractivity contribution in [2.24, 2.45) is 0 Å². The van der Waals surface area contributed by atoms with Crippen molar-refractivity contribution >= 4 is 91.1 Å². The number of rotatable bonds is 14. The normalized spacial score (nSPS) is 12.3. The summed E-state index contributed by atoms with van der Waals surface area (Å²) in [4.78, 5) is 91.3. The van der Waals surface area contributed by atoms with Gasteiger partial charge in [-0.25, -0.2) is 14.8 Å². The molecule has 11 N–H and O–H groups in total. The smallest absolute Gasteiger partial charge is 0.340 e. The second kappa shape index (κ2) is 15.8. The fraction of sp³-hybridized carbons (Fsp3) is 0.348. The number of nitrogen functional groups attached to an aromatic ring is 2. The second-order valence-electron chi connectivity index (χ2n) is 9.60. The standard InChI is InChI=1S/C23H31N9O10P2.Na/c1-32(11-13-10-27-20-18(28-13)19(24)30-23(25)31-20)14-4-2-12(3-5-14)21(34)29-15(22(35)36)6-7-16(33)26-9-8-17(43(37,38)39)44(40,41)42;/h2-5,10,15,17H,6-9,11H2,1H3,(H,26,33)(H,29,34)(H,35,36)(H2,37,38,39)(H2,40,41,42)(H4,24,25,27,30,31);. The number of carboxylic acids is 1. The Hall–Kier alpha value is -3.25. The first-order valence-corrected chi connectivity index (χ1v) is 16.1. The molecule has 0 bridgehead atoms. The van der Waals surface area contributed by atoms with Crippen molar-refractivity contribution in [2.45, 2.75) is 37.2 Å². The summed E-state index contributed by atoms with van der Waals surface area (Å²) in [5.41, 5.74) is 13.4. The number of amides is 2. The van der Waals surface area contributed by atoms with Gasteiger partial charge in [0.25, 0.3) is 5.91 Å². The predicted molar refractivity (Wildman–Crippen MR) is 162 cm³/mol. The molecule has 239 valence electrons. The molecule has 0 aliphatic carbocycles. The number of benzene rings is 1. The van der Waals surface area contributed by atoms with Crippen molar-refractivity contribution in [1.29, 1.82) is 0 Å². The van der Waals surface area contributed by atoms with E-state index in [0.29, 0.717) is 23.4 Å². The van der Waals surface area contributed by atoms with E-state index in [4.69, 9.17) is 31.0 Å². The third-order valence-electron chi connectivity index (χ3n) is 6.24. The monoisotopic (exact) mass is 678 g/mol. The Bertz CT molecular complexity index is 1620. The summed E-state index contributed by atoms with van der Waals surface area (Å²) in [6, 6.07) is 4.77. The zero-order valence-electron chi connectivity index (χ0n) is 24.1. The molecule has 22 heteroatoms. The Kier molecular flexibility index (Phi) is 13.4. The Morgan fingerprint density at radius 1 is 0.978 bits per heavy atom. The van der Waals surface area contributed by atoms with Crippen LogP contribution in [0, 0.1) is 0 Å². The molecule has 0 saturated heterocycles. The third kappa shape index (κ3) is 11.0. The summed E-state index contributed by atoms with van der Waals surface area (Å²) in [6.07, 6.45) is 0.0725. The van der Waals surface area contributed by atoms with Gasteiger partial charge in [-0.05, 0) is 37.1 Å². The average Bonchev–Trinajstić information content (AvgIpc) is 2.92. The third-order valence-corrected chi connectivity index (χ3v) is 10.1. The summed E-state index contributed by atoms with van der Waals surface area (Å²) < 4.78 is 22.6. The van der Waals surface area contributed by atoms with Gasteiger partial charge in [0.1, 0.15) is 6.04 Å². The summed E-state index contributed by atoms with van der Waals surface area (Å²) >= 11 is 0. The number of nitrogens with two attached hydrogens (primary N) is 2. The Morgan fingerprint density at radius 3 is 2.18 bits per heavy atom. The maximum atomic E-state index is 12.7. The van der Waals surface area contributed by atoms with E-state index in [1.165, 1.54) is 18.3 Å². The number of carboxylic acid groups (broad SMARTS) is 1. The predicted octanol–water partition coefficient (Wildman–Crippen LogP) is -1.01. The van der Waals surface area contributed by atoms with Crippen LogP contribution in [0.25, 0.3) is 11.2 Å². The quantitative estimate of drug-likeness (QED) is 0.0728. The molecular weight excluding hydrogens is 647 g/mol. The fourth-order valence-corrected chi connectivity index (χ4v) is 6.49. The van der Waals surface area contributed by atoms with Crippen molar-refractivity contribution in [2.75, 3.05) is 30.0 Å². The zero-order valence-corrected chi connectivity index (χ0v) is 27.9. The average molecular weight is 678 g/mol. The number of aliphatic carboxylic acids is 1. The number of aromatic nitrogens is 4. The van der Waals surface area contributed by atoms with Gasteiger partial charge >= 0.3 is 21.2 Å². The summed E-state index contributed by atoms with van der Waals surface area (Å²) in [5.74, 6) is -2.80. The van der Waals surface area contributed by atoms with Gasteiger partial charge in [-0.3, -0.25) is 18.7 Å². The molecule has 0 saturated carbocycles. The number of fused-ring (bicyclic) bond motifs is 1. The first kappa shape index (κ1) is 37.9. The van der Waals surface area contributed by atoms with Crippen molar-refractivity contribution in [3.8, 4) is 0 Å². The minimum Gasteiger partial charge on any atom is -0.480 e. The second-order valence-corrected chi connectivity index (χ2v) is 13.6. The number of nitrogens with zero attached hydrogens (tertiary/aromatic N) is 5. The molecule has 3 aromatic rings.